The molecule has 1 heterocycles. The number of rotatable bonds is 8. The van der Waals surface area contributed by atoms with Crippen LogP contribution < -0.4 is 15.2 Å². The zero-order valence-corrected chi connectivity index (χ0v) is 20.0. The lowest BCUT2D eigenvalue weighted by molar-refractivity contribution is 0.212. The quantitative estimate of drug-likeness (QED) is 0.450. The summed E-state index contributed by atoms with van der Waals surface area (Å²) in [5, 5.41) is 0.0403. The summed E-state index contributed by atoms with van der Waals surface area (Å²) >= 11 is 7.07. The lowest BCUT2D eigenvalue weighted by Gasteiger charge is -2.35. The van der Waals surface area contributed by atoms with Crippen LogP contribution >= 0.6 is 23.1 Å². The lowest BCUT2D eigenvalue weighted by Crippen LogP contribution is -2.33. The molecular weight excluding hydrogens is 487 g/mol. The van der Waals surface area contributed by atoms with E-state index in [0.717, 1.165) is 49.3 Å². The third kappa shape index (κ3) is 5.81. The van der Waals surface area contributed by atoms with Crippen molar-refractivity contribution in [2.75, 3.05) is 11.3 Å². The molecule has 0 amide bonds. The Morgan fingerprint density at radius 3 is 2.76 bits per heavy atom. The van der Waals surface area contributed by atoms with Crippen LogP contribution in [0.2, 0.25) is 5.02 Å². The van der Waals surface area contributed by atoms with E-state index >= 15 is 0 Å². The molecule has 1 saturated carbocycles. The fourth-order valence-electron chi connectivity index (χ4n) is 4.29. The van der Waals surface area contributed by atoms with Gasteiger partial charge >= 0.3 is 0 Å². The first kappa shape index (κ1) is 23.9. The molecule has 3 atom stereocenters. The van der Waals surface area contributed by atoms with Crippen LogP contribution in [-0.4, -0.2) is 30.4 Å². The van der Waals surface area contributed by atoms with E-state index in [0.29, 0.717) is 18.4 Å². The fraction of sp³-hybridized carbons (Fsp3) is 0.364. The van der Waals surface area contributed by atoms with Crippen molar-refractivity contribution in [1.29, 1.82) is 0 Å². The minimum atomic E-state index is -4.21. The molecule has 0 bridgehead atoms. The summed E-state index contributed by atoms with van der Waals surface area (Å²) in [6, 6.07) is 12.5. The first-order valence-corrected chi connectivity index (χ1v) is 13.2. The largest absolute Gasteiger partial charge is 0.492 e. The predicted octanol–water partition coefficient (Wildman–Crippen LogP) is 4.81. The number of sulfonamides is 1. The van der Waals surface area contributed by atoms with Crippen molar-refractivity contribution in [2.24, 2.45) is 11.7 Å². The highest BCUT2D eigenvalue weighted by Crippen LogP contribution is 2.39. The molecule has 176 valence electrons. The van der Waals surface area contributed by atoms with E-state index in [9.17, 15) is 12.8 Å². The van der Waals surface area contributed by atoms with Crippen LogP contribution in [0.4, 0.5) is 9.52 Å². The number of benzene rings is 2. The fourth-order valence-corrected chi connectivity index (χ4v) is 6.32. The Balaban J connectivity index is 1.43. The van der Waals surface area contributed by atoms with Crippen molar-refractivity contribution in [3.05, 3.63) is 65.2 Å². The van der Waals surface area contributed by atoms with E-state index in [1.165, 1.54) is 11.9 Å². The number of halogens is 2. The molecule has 4 rings (SSSR count). The van der Waals surface area contributed by atoms with Gasteiger partial charge in [0.25, 0.3) is 10.0 Å². The zero-order valence-electron chi connectivity index (χ0n) is 17.7. The van der Waals surface area contributed by atoms with Gasteiger partial charge in [-0.3, -0.25) is 4.72 Å². The standard InChI is InChI=1S/C22H24ClFN4O3S2/c23-18-11-21(33(29,30)28-22-26-13-27-32-22)19(24)12-20(18)31-9-8-15-10-16(25)6-7-17(15)14-4-2-1-3-5-14/h1-5,11-13,15-17H,6-10,25H2,(H,26,27,28). The first-order chi connectivity index (χ1) is 15.8. The highest BCUT2D eigenvalue weighted by atomic mass is 35.5. The van der Waals surface area contributed by atoms with Gasteiger partial charge in [-0.25, -0.2) is 17.8 Å². The molecule has 11 heteroatoms. The van der Waals surface area contributed by atoms with E-state index in [4.69, 9.17) is 22.1 Å². The Bertz CT molecular complexity index is 1180. The predicted molar refractivity (Wildman–Crippen MR) is 127 cm³/mol. The number of hydrogen-bond acceptors (Lipinski definition) is 7. The van der Waals surface area contributed by atoms with Gasteiger partial charge in [0.15, 0.2) is 0 Å². The van der Waals surface area contributed by atoms with E-state index in [-0.39, 0.29) is 21.9 Å². The summed E-state index contributed by atoms with van der Waals surface area (Å²) in [6.45, 7) is 0.314. The molecule has 0 aliphatic heterocycles. The van der Waals surface area contributed by atoms with Gasteiger partial charge in [-0.2, -0.15) is 4.37 Å². The van der Waals surface area contributed by atoms with Crippen LogP contribution in [0, 0.1) is 11.7 Å². The molecule has 1 fully saturated rings. The average molecular weight is 511 g/mol. The molecule has 0 spiro atoms. The van der Waals surface area contributed by atoms with Crippen molar-refractivity contribution in [2.45, 2.75) is 42.5 Å². The maximum absolute atomic E-state index is 14.7. The number of nitrogens with zero attached hydrogens (tertiary/aromatic N) is 2. The van der Waals surface area contributed by atoms with Crippen molar-refractivity contribution >= 4 is 38.3 Å². The van der Waals surface area contributed by atoms with E-state index in [1.54, 1.807) is 0 Å². The van der Waals surface area contributed by atoms with Crippen LogP contribution in [-0.2, 0) is 10.0 Å². The van der Waals surface area contributed by atoms with E-state index < -0.39 is 20.7 Å². The van der Waals surface area contributed by atoms with Crippen LogP contribution in [0.5, 0.6) is 5.75 Å². The van der Waals surface area contributed by atoms with Crippen LogP contribution in [0.1, 0.15) is 37.2 Å². The SMILES string of the molecule is NC1CCC(c2ccccc2)C(CCOc2cc(F)c(S(=O)(=O)Nc3ncns3)cc2Cl)C1. The number of anilines is 1. The molecule has 3 unspecified atom stereocenters. The number of ether oxygens (including phenoxy) is 1. The number of hydrogen-bond donors (Lipinski definition) is 2. The third-order valence-corrected chi connectivity index (χ3v) is 8.21. The molecule has 2 aromatic carbocycles. The molecule has 3 aromatic rings. The summed E-state index contributed by atoms with van der Waals surface area (Å²) in [6.07, 6.45) is 4.81. The summed E-state index contributed by atoms with van der Waals surface area (Å²) in [7, 11) is -4.21. The molecule has 3 N–H and O–H groups in total. The second-order valence-corrected chi connectivity index (χ2v) is 10.9. The van der Waals surface area contributed by atoms with Gasteiger partial charge in [0, 0.05) is 23.6 Å². The maximum Gasteiger partial charge on any atom is 0.266 e. The minimum absolute atomic E-state index is 0.00833. The number of aromatic nitrogens is 2. The van der Waals surface area contributed by atoms with Gasteiger partial charge in [-0.15, -0.1) is 0 Å². The first-order valence-electron chi connectivity index (χ1n) is 10.6. The van der Waals surface area contributed by atoms with Gasteiger partial charge < -0.3 is 10.5 Å². The summed E-state index contributed by atoms with van der Waals surface area (Å²) in [5.74, 6) is -0.148. The summed E-state index contributed by atoms with van der Waals surface area (Å²) < 4.78 is 51.3. The van der Waals surface area contributed by atoms with Crippen molar-refractivity contribution in [3.63, 3.8) is 0 Å². The van der Waals surface area contributed by atoms with Gasteiger partial charge in [-0.05, 0) is 49.1 Å². The van der Waals surface area contributed by atoms with Crippen LogP contribution in [0.3, 0.4) is 0 Å². The summed E-state index contributed by atoms with van der Waals surface area (Å²) in [4.78, 5) is 3.16. The van der Waals surface area contributed by atoms with E-state index in [1.807, 2.05) is 18.2 Å². The Kier molecular flexibility index (Phi) is 7.48. The number of nitrogens with one attached hydrogen (secondary N) is 1. The summed E-state index contributed by atoms with van der Waals surface area (Å²) in [5.41, 5.74) is 7.50. The van der Waals surface area contributed by atoms with E-state index in [2.05, 4.69) is 26.2 Å². The van der Waals surface area contributed by atoms with Gasteiger partial charge in [0.1, 0.15) is 22.8 Å². The molecule has 0 saturated heterocycles. The second-order valence-electron chi connectivity index (χ2n) is 8.05. The topological polar surface area (TPSA) is 107 Å². The Hall–Kier alpha value is -2.27. The highest BCUT2D eigenvalue weighted by Gasteiger charge is 2.30. The average Bonchev–Trinajstić information content (AvgIpc) is 3.29. The number of nitrogens with two attached hydrogens (primary N) is 1. The van der Waals surface area contributed by atoms with Crippen LogP contribution in [0.25, 0.3) is 0 Å². The molecular formula is C22H24ClFN4O3S2. The normalized spacial score (nSPS) is 21.0. The van der Waals surface area contributed by atoms with Crippen molar-refractivity contribution < 1.29 is 17.5 Å². The minimum Gasteiger partial charge on any atom is -0.492 e. The monoisotopic (exact) mass is 510 g/mol. The van der Waals surface area contributed by atoms with Gasteiger partial charge in [-0.1, -0.05) is 41.9 Å². The second kappa shape index (κ2) is 10.3. The third-order valence-electron chi connectivity index (χ3n) is 5.86. The van der Waals surface area contributed by atoms with Crippen molar-refractivity contribution in [3.8, 4) is 5.75 Å². The lowest BCUT2D eigenvalue weighted by atomic mass is 9.72. The molecule has 1 aromatic heterocycles. The van der Waals surface area contributed by atoms with Gasteiger partial charge in [0.2, 0.25) is 5.13 Å². The molecule has 7 nitrogen and oxygen atoms in total. The molecule has 1 aliphatic carbocycles. The smallest absolute Gasteiger partial charge is 0.266 e. The highest BCUT2D eigenvalue weighted by molar-refractivity contribution is 7.93. The van der Waals surface area contributed by atoms with Crippen molar-refractivity contribution in [1.82, 2.24) is 9.36 Å². The zero-order chi connectivity index (χ0) is 23.4. The van der Waals surface area contributed by atoms with Gasteiger partial charge in [0.05, 0.1) is 11.6 Å². The molecule has 0 radical (unpaired) electrons. The maximum atomic E-state index is 14.7. The van der Waals surface area contributed by atoms with Crippen LogP contribution in [0.15, 0.2) is 53.7 Å². The Morgan fingerprint density at radius 2 is 2.03 bits per heavy atom. The Morgan fingerprint density at radius 1 is 1.24 bits per heavy atom. The molecule has 1 aliphatic rings. The molecule has 33 heavy (non-hydrogen) atoms. The Labute approximate surface area is 201 Å².